The number of hydrogen-bond acceptors (Lipinski definition) is 1. The second kappa shape index (κ2) is 8.90. The van der Waals surface area contributed by atoms with E-state index in [-0.39, 0.29) is 6.10 Å². The maximum atomic E-state index is 14.0. The van der Waals surface area contributed by atoms with E-state index in [0.717, 1.165) is 48.9 Å². The van der Waals surface area contributed by atoms with E-state index >= 15 is 0 Å². The molecule has 1 aliphatic heterocycles. The van der Waals surface area contributed by atoms with Crippen molar-refractivity contribution in [2.75, 3.05) is 0 Å². The third-order valence-electron chi connectivity index (χ3n) is 9.32. The minimum atomic E-state index is -2.91. The first-order valence-corrected chi connectivity index (χ1v) is 12.5. The quantitative estimate of drug-likeness (QED) is 0.472. The van der Waals surface area contributed by atoms with Crippen molar-refractivity contribution in [3.8, 4) is 0 Å². The van der Waals surface area contributed by atoms with Gasteiger partial charge in [-0.1, -0.05) is 26.7 Å². The van der Waals surface area contributed by atoms with Crippen molar-refractivity contribution in [2.24, 2.45) is 41.4 Å². The Balaban J connectivity index is 1.20. The molecule has 0 spiro atoms. The highest BCUT2D eigenvalue weighted by atomic mass is 19.3. The largest absolute Gasteiger partial charge is 0.358 e. The molecule has 0 amide bonds. The van der Waals surface area contributed by atoms with Gasteiger partial charge in [-0.3, -0.25) is 0 Å². The topological polar surface area (TPSA) is 9.23 Å². The maximum Gasteiger partial charge on any atom is 0.358 e. The highest BCUT2D eigenvalue weighted by Gasteiger charge is 2.46. The zero-order valence-corrected chi connectivity index (χ0v) is 18.2. The normalized spacial score (nSPS) is 47.6. The Morgan fingerprint density at radius 1 is 0.536 bits per heavy atom. The van der Waals surface area contributed by atoms with Crippen molar-refractivity contribution in [1.82, 2.24) is 0 Å². The molecular weight excluding hydrogens is 354 g/mol. The molecule has 4 rings (SSSR count). The van der Waals surface area contributed by atoms with Crippen LogP contribution in [0.1, 0.15) is 104 Å². The van der Waals surface area contributed by atoms with E-state index in [1.807, 2.05) is 0 Å². The van der Waals surface area contributed by atoms with Crippen molar-refractivity contribution < 1.29 is 13.5 Å². The molecule has 28 heavy (non-hydrogen) atoms. The van der Waals surface area contributed by atoms with Crippen LogP contribution in [0.3, 0.4) is 0 Å². The second-order valence-corrected chi connectivity index (χ2v) is 11.1. The zero-order valence-electron chi connectivity index (χ0n) is 18.2. The van der Waals surface area contributed by atoms with Gasteiger partial charge in [0.25, 0.3) is 0 Å². The van der Waals surface area contributed by atoms with Crippen LogP contribution in [0.2, 0.25) is 0 Å². The molecular formula is C25H42F2O. The number of ether oxygens (including phenoxy) is 1. The van der Waals surface area contributed by atoms with Crippen LogP contribution in [0.4, 0.5) is 8.78 Å². The van der Waals surface area contributed by atoms with Gasteiger partial charge < -0.3 is 4.74 Å². The average molecular weight is 397 g/mol. The highest BCUT2D eigenvalue weighted by molar-refractivity contribution is 4.88. The fourth-order valence-corrected chi connectivity index (χ4v) is 7.12. The smallest absolute Gasteiger partial charge is 0.317 e. The van der Waals surface area contributed by atoms with Crippen molar-refractivity contribution in [1.29, 1.82) is 0 Å². The fourth-order valence-electron chi connectivity index (χ4n) is 7.12. The van der Waals surface area contributed by atoms with Crippen LogP contribution in [-0.2, 0) is 4.74 Å². The molecule has 1 heterocycles. The van der Waals surface area contributed by atoms with E-state index in [1.54, 1.807) is 6.92 Å². The molecule has 4 fully saturated rings. The molecule has 2 atom stereocenters. The second-order valence-electron chi connectivity index (χ2n) is 11.1. The lowest BCUT2D eigenvalue weighted by Gasteiger charge is -2.43. The van der Waals surface area contributed by atoms with E-state index < -0.39 is 12.0 Å². The molecule has 0 bridgehead atoms. The van der Waals surface area contributed by atoms with Crippen LogP contribution in [0, 0.1) is 41.4 Å². The van der Waals surface area contributed by atoms with Gasteiger partial charge in [-0.15, -0.1) is 0 Å². The molecule has 0 aromatic rings. The van der Waals surface area contributed by atoms with Gasteiger partial charge in [-0.25, -0.2) is 0 Å². The van der Waals surface area contributed by atoms with Crippen LogP contribution in [0.5, 0.6) is 0 Å². The van der Waals surface area contributed by atoms with E-state index in [4.69, 9.17) is 4.74 Å². The summed E-state index contributed by atoms with van der Waals surface area (Å²) >= 11 is 0. The first kappa shape index (κ1) is 21.1. The summed E-state index contributed by atoms with van der Waals surface area (Å²) in [7, 11) is 0. The van der Waals surface area contributed by atoms with Crippen LogP contribution in [0.15, 0.2) is 0 Å². The average Bonchev–Trinajstić information content (AvgIpc) is 2.71. The Morgan fingerprint density at radius 3 is 1.36 bits per heavy atom. The van der Waals surface area contributed by atoms with E-state index in [0.29, 0.717) is 12.3 Å². The monoisotopic (exact) mass is 396 g/mol. The van der Waals surface area contributed by atoms with E-state index in [9.17, 15) is 8.78 Å². The Labute approximate surface area is 171 Å². The number of halogens is 2. The van der Waals surface area contributed by atoms with Crippen LogP contribution in [-0.4, -0.2) is 12.2 Å². The zero-order chi connectivity index (χ0) is 19.7. The summed E-state index contributed by atoms with van der Waals surface area (Å²) in [5.74, 6) is 4.48. The van der Waals surface area contributed by atoms with Crippen LogP contribution in [0.25, 0.3) is 0 Å². The molecule has 0 N–H and O–H groups in total. The van der Waals surface area contributed by atoms with Crippen molar-refractivity contribution in [2.45, 2.75) is 116 Å². The summed E-state index contributed by atoms with van der Waals surface area (Å²) in [4.78, 5) is 0. The number of rotatable bonds is 3. The molecule has 1 saturated heterocycles. The lowest BCUT2D eigenvalue weighted by Crippen LogP contribution is -2.43. The number of alkyl halides is 2. The lowest BCUT2D eigenvalue weighted by atomic mass is 9.64. The minimum Gasteiger partial charge on any atom is -0.317 e. The lowest BCUT2D eigenvalue weighted by molar-refractivity contribution is -0.319. The molecule has 3 saturated carbocycles. The van der Waals surface area contributed by atoms with Crippen molar-refractivity contribution in [3.63, 3.8) is 0 Å². The van der Waals surface area contributed by atoms with Gasteiger partial charge >= 0.3 is 6.11 Å². The molecule has 0 radical (unpaired) electrons. The van der Waals surface area contributed by atoms with Gasteiger partial charge in [-0.2, -0.15) is 8.78 Å². The molecule has 4 aliphatic rings. The molecule has 1 nitrogen and oxygen atoms in total. The maximum absolute atomic E-state index is 14.0. The first-order valence-electron chi connectivity index (χ1n) is 12.5. The summed E-state index contributed by atoms with van der Waals surface area (Å²) in [6, 6.07) is 0. The molecule has 3 aliphatic carbocycles. The predicted octanol–water partition coefficient (Wildman–Crippen LogP) is 7.83. The summed E-state index contributed by atoms with van der Waals surface area (Å²) < 4.78 is 33.2. The van der Waals surface area contributed by atoms with Gasteiger partial charge in [-0.05, 0) is 113 Å². The van der Waals surface area contributed by atoms with Crippen molar-refractivity contribution >= 4 is 0 Å². The van der Waals surface area contributed by atoms with Gasteiger partial charge in [0.15, 0.2) is 0 Å². The van der Waals surface area contributed by atoms with Gasteiger partial charge in [0.1, 0.15) is 0 Å². The third-order valence-corrected chi connectivity index (χ3v) is 9.32. The summed E-state index contributed by atoms with van der Waals surface area (Å²) in [6.45, 7) is 4.04. The summed E-state index contributed by atoms with van der Waals surface area (Å²) in [5, 5.41) is 0. The van der Waals surface area contributed by atoms with E-state index in [2.05, 4.69) is 6.92 Å². The van der Waals surface area contributed by atoms with Crippen LogP contribution >= 0.6 is 0 Å². The standard InChI is InChI=1S/C25H42F2O/c1-17-3-6-19(7-4-17)20-8-10-21(11-9-20)22-12-14-23(15-13-22)24-16-5-18(2)25(26,27)28-24/h17-24H,3-16H2,1-2H3. The Kier molecular flexibility index (Phi) is 6.70. The molecule has 162 valence electrons. The Morgan fingerprint density at radius 2 is 0.929 bits per heavy atom. The van der Waals surface area contributed by atoms with Gasteiger partial charge in [0.2, 0.25) is 0 Å². The minimum absolute atomic E-state index is 0.198. The van der Waals surface area contributed by atoms with Gasteiger partial charge in [0, 0.05) is 5.92 Å². The molecule has 0 aromatic heterocycles. The molecule has 3 heteroatoms. The van der Waals surface area contributed by atoms with Gasteiger partial charge in [0.05, 0.1) is 6.10 Å². The molecule has 2 unspecified atom stereocenters. The third kappa shape index (κ3) is 4.76. The van der Waals surface area contributed by atoms with Crippen LogP contribution < -0.4 is 0 Å². The fraction of sp³-hybridized carbons (Fsp3) is 1.00. The summed E-state index contributed by atoms with van der Waals surface area (Å²) in [5.41, 5.74) is 0. The predicted molar refractivity (Wildman–Crippen MR) is 110 cm³/mol. The van der Waals surface area contributed by atoms with Crippen molar-refractivity contribution in [3.05, 3.63) is 0 Å². The Hall–Kier alpha value is -0.180. The Bertz CT molecular complexity index is 483. The highest BCUT2D eigenvalue weighted by Crippen LogP contribution is 2.48. The first-order chi connectivity index (χ1) is 13.4. The van der Waals surface area contributed by atoms with E-state index in [1.165, 1.54) is 64.2 Å². The number of hydrogen-bond donors (Lipinski definition) is 0. The SMILES string of the molecule is CC1CCC(C2CCC(C3CCC(C4CCC(C)C(F)(F)O4)CC3)CC2)CC1. The summed E-state index contributed by atoms with van der Waals surface area (Å²) in [6.07, 6.45) is 14.7. The molecule has 0 aromatic carbocycles.